The van der Waals surface area contributed by atoms with Crippen molar-refractivity contribution in [3.63, 3.8) is 0 Å². The van der Waals surface area contributed by atoms with Crippen LogP contribution in [0.1, 0.15) is 103 Å². The molecule has 0 heterocycles. The summed E-state index contributed by atoms with van der Waals surface area (Å²) in [4.78, 5) is 12.5. The van der Waals surface area contributed by atoms with Crippen molar-refractivity contribution in [3.05, 3.63) is 0 Å². The lowest BCUT2D eigenvalue weighted by Crippen LogP contribution is -2.68. The largest absolute Gasteiger partial charge is 0.477 e. The third-order valence-electron chi connectivity index (χ3n) is 7.29. The highest BCUT2D eigenvalue weighted by Gasteiger charge is 2.54. The molecule has 198 valence electrons. The topological polar surface area (TPSA) is 132 Å². The van der Waals surface area contributed by atoms with Gasteiger partial charge < -0.3 is 19.8 Å². The highest BCUT2D eigenvalue weighted by Crippen LogP contribution is 2.36. The smallest absolute Gasteiger partial charge is 0.365 e. The van der Waals surface area contributed by atoms with Crippen LogP contribution in [0.15, 0.2) is 0 Å². The highest BCUT2D eigenvalue weighted by molar-refractivity contribution is 7.85. The van der Waals surface area contributed by atoms with Gasteiger partial charge in [-0.1, -0.05) is 64.7 Å². The molecule has 0 fully saturated rings. The summed E-state index contributed by atoms with van der Waals surface area (Å²) in [7, 11) is -0.599. The minimum absolute atomic E-state index is 0.00957. The van der Waals surface area contributed by atoms with Crippen LogP contribution in [-0.4, -0.2) is 83.4 Å². The zero-order valence-corrected chi connectivity index (χ0v) is 22.0. The molecule has 0 rings (SSSR count). The van der Waals surface area contributed by atoms with Crippen LogP contribution in [0.3, 0.4) is 0 Å². The molecule has 4 N–H and O–H groups in total. The van der Waals surface area contributed by atoms with Crippen molar-refractivity contribution in [1.29, 1.82) is 0 Å². The van der Waals surface area contributed by atoms with Crippen molar-refractivity contribution in [1.82, 2.24) is 0 Å². The van der Waals surface area contributed by atoms with E-state index in [-0.39, 0.29) is 43.0 Å². The van der Waals surface area contributed by atoms with E-state index < -0.39 is 27.4 Å². The van der Waals surface area contributed by atoms with Crippen LogP contribution in [0, 0.1) is 0 Å². The molecule has 2 atom stereocenters. The second-order valence-electron chi connectivity index (χ2n) is 9.88. The SMILES string of the molecule is CCCCCCCCCCCCC(CCO)[N+](C)(C)C(CCO)(CCCS(=O)(=O)O)C(=O)O. The predicted molar refractivity (Wildman–Crippen MR) is 132 cm³/mol. The number of nitrogens with zero attached hydrogens (tertiary/aromatic N) is 1. The first-order valence-corrected chi connectivity index (χ1v) is 14.3. The third-order valence-corrected chi connectivity index (χ3v) is 8.09. The van der Waals surface area contributed by atoms with Gasteiger partial charge in [-0.25, -0.2) is 4.79 Å². The van der Waals surface area contributed by atoms with E-state index in [4.69, 9.17) is 4.55 Å². The third kappa shape index (κ3) is 12.0. The van der Waals surface area contributed by atoms with E-state index in [0.29, 0.717) is 6.42 Å². The zero-order chi connectivity index (χ0) is 25.4. The number of carboxylic acid groups (broad SMARTS) is 1. The van der Waals surface area contributed by atoms with Gasteiger partial charge in [0.25, 0.3) is 10.1 Å². The fourth-order valence-electron chi connectivity index (χ4n) is 5.05. The summed E-state index contributed by atoms with van der Waals surface area (Å²) in [6.07, 6.45) is 13.2. The minimum atomic E-state index is -4.20. The molecule has 0 aliphatic carbocycles. The normalized spacial score (nSPS) is 15.3. The number of unbranched alkanes of at least 4 members (excludes halogenated alkanes) is 9. The quantitative estimate of drug-likeness (QED) is 0.101. The van der Waals surface area contributed by atoms with Crippen molar-refractivity contribution in [2.75, 3.05) is 33.1 Å². The molecular formula is C24H50NO7S+. The Hall–Kier alpha value is -0.740. The van der Waals surface area contributed by atoms with E-state index in [1.54, 1.807) is 14.1 Å². The zero-order valence-electron chi connectivity index (χ0n) is 21.2. The predicted octanol–water partition coefficient (Wildman–Crippen LogP) is 4.00. The standard InChI is InChI=1S/C24H49NO7S/c1-4-5-6-7-8-9-10-11-12-13-15-22(16-19-26)25(2,3)24(18-20-27,23(28)29)17-14-21-33(30,31)32/h22,26-27H,4-21H2,1-3H3,(H-,28,29,30,31,32)/p+1. The van der Waals surface area contributed by atoms with Crippen LogP contribution in [-0.2, 0) is 14.9 Å². The van der Waals surface area contributed by atoms with E-state index >= 15 is 0 Å². The summed E-state index contributed by atoms with van der Waals surface area (Å²) in [6, 6.07) is -0.141. The molecule has 0 aromatic rings. The van der Waals surface area contributed by atoms with Crippen LogP contribution in [0.2, 0.25) is 0 Å². The number of quaternary nitrogens is 1. The van der Waals surface area contributed by atoms with Gasteiger partial charge in [-0.2, -0.15) is 8.42 Å². The Morgan fingerprint density at radius 2 is 1.33 bits per heavy atom. The van der Waals surface area contributed by atoms with Gasteiger partial charge in [0, 0.05) is 32.5 Å². The molecule has 0 aromatic carbocycles. The number of aliphatic hydroxyl groups excluding tert-OH is 2. The Bertz CT molecular complexity index is 624. The van der Waals surface area contributed by atoms with Gasteiger partial charge in [-0.15, -0.1) is 0 Å². The summed E-state index contributed by atoms with van der Waals surface area (Å²) in [5, 5.41) is 29.5. The molecule has 0 bridgehead atoms. The fourth-order valence-corrected chi connectivity index (χ4v) is 5.56. The monoisotopic (exact) mass is 496 g/mol. The lowest BCUT2D eigenvalue weighted by atomic mass is 9.83. The Labute approximate surface area is 201 Å². The number of carboxylic acids is 1. The first-order valence-electron chi connectivity index (χ1n) is 12.7. The van der Waals surface area contributed by atoms with Crippen molar-refractivity contribution in [3.8, 4) is 0 Å². The van der Waals surface area contributed by atoms with Gasteiger partial charge in [0.15, 0.2) is 5.54 Å². The number of hydrogen-bond donors (Lipinski definition) is 4. The van der Waals surface area contributed by atoms with E-state index in [0.717, 1.165) is 25.7 Å². The van der Waals surface area contributed by atoms with Gasteiger partial charge >= 0.3 is 5.97 Å². The lowest BCUT2D eigenvalue weighted by Gasteiger charge is -2.50. The molecule has 8 nitrogen and oxygen atoms in total. The molecule has 9 heteroatoms. The summed E-state index contributed by atoms with van der Waals surface area (Å²) in [5.74, 6) is -1.61. The number of hydrogen-bond acceptors (Lipinski definition) is 5. The fraction of sp³-hybridized carbons (Fsp3) is 0.958. The molecular weight excluding hydrogens is 446 g/mol. The van der Waals surface area contributed by atoms with Gasteiger partial charge in [0.1, 0.15) is 0 Å². The summed E-state index contributed by atoms with van der Waals surface area (Å²) in [5.41, 5.74) is -1.40. The Morgan fingerprint density at radius 3 is 1.76 bits per heavy atom. The van der Waals surface area contributed by atoms with Crippen LogP contribution < -0.4 is 0 Å². The van der Waals surface area contributed by atoms with Gasteiger partial charge in [-0.05, 0) is 19.3 Å². The van der Waals surface area contributed by atoms with E-state index in [1.807, 2.05) is 0 Å². The van der Waals surface area contributed by atoms with Crippen LogP contribution in [0.25, 0.3) is 0 Å². The maximum absolute atomic E-state index is 12.5. The minimum Gasteiger partial charge on any atom is -0.477 e. The molecule has 0 aliphatic heterocycles. The summed E-state index contributed by atoms with van der Waals surface area (Å²) >= 11 is 0. The highest BCUT2D eigenvalue weighted by atomic mass is 32.2. The van der Waals surface area contributed by atoms with Crippen molar-refractivity contribution in [2.45, 2.75) is 115 Å². The molecule has 0 aliphatic rings. The number of likely N-dealkylation sites (N-methyl/N-ethyl adjacent to an activating group) is 1. The van der Waals surface area contributed by atoms with Crippen LogP contribution in [0.4, 0.5) is 0 Å². The second-order valence-corrected chi connectivity index (χ2v) is 11.4. The van der Waals surface area contributed by atoms with Gasteiger partial charge in [0.2, 0.25) is 0 Å². The van der Waals surface area contributed by atoms with Crippen molar-refractivity contribution in [2.24, 2.45) is 0 Å². The Kier molecular flexibility index (Phi) is 16.4. The average molecular weight is 497 g/mol. The number of aliphatic hydroxyl groups is 2. The molecule has 0 amide bonds. The summed E-state index contributed by atoms with van der Waals surface area (Å²) in [6.45, 7) is 1.81. The lowest BCUT2D eigenvalue weighted by molar-refractivity contribution is -0.956. The van der Waals surface area contributed by atoms with E-state index in [2.05, 4.69) is 6.92 Å². The van der Waals surface area contributed by atoms with E-state index in [9.17, 15) is 28.5 Å². The van der Waals surface area contributed by atoms with Gasteiger partial charge in [0.05, 0.1) is 25.9 Å². The first-order chi connectivity index (χ1) is 15.5. The molecule has 33 heavy (non-hydrogen) atoms. The average Bonchev–Trinajstić information content (AvgIpc) is 2.72. The molecule has 0 aromatic heterocycles. The van der Waals surface area contributed by atoms with Crippen molar-refractivity contribution >= 4 is 16.1 Å². The maximum Gasteiger partial charge on any atom is 0.365 e. The number of aliphatic carboxylic acids is 1. The van der Waals surface area contributed by atoms with Crippen LogP contribution in [0.5, 0.6) is 0 Å². The van der Waals surface area contributed by atoms with Gasteiger partial charge in [-0.3, -0.25) is 4.55 Å². The number of rotatable bonds is 22. The maximum atomic E-state index is 12.5. The Morgan fingerprint density at radius 1 is 0.818 bits per heavy atom. The molecule has 0 radical (unpaired) electrons. The molecule has 0 saturated heterocycles. The molecule has 2 unspecified atom stereocenters. The van der Waals surface area contributed by atoms with Crippen LogP contribution >= 0.6 is 0 Å². The number of carbonyl (C=O) groups is 1. The van der Waals surface area contributed by atoms with E-state index in [1.165, 1.54) is 44.9 Å². The molecule has 0 spiro atoms. The van der Waals surface area contributed by atoms with Crippen molar-refractivity contribution < 1.29 is 37.6 Å². The Balaban J connectivity index is 5.05. The molecule has 0 saturated carbocycles. The first kappa shape index (κ1) is 32.3. The second kappa shape index (κ2) is 16.8. The summed E-state index contributed by atoms with van der Waals surface area (Å²) < 4.78 is 31.5.